The number of halogens is 1. The van der Waals surface area contributed by atoms with Gasteiger partial charge in [-0.15, -0.1) is 0 Å². The molecule has 1 fully saturated rings. The number of sulfone groups is 1. The molecule has 1 N–H and O–H groups in total. The van der Waals surface area contributed by atoms with Gasteiger partial charge in [-0.05, 0) is 24.6 Å². The second kappa shape index (κ2) is 6.66. The summed E-state index contributed by atoms with van der Waals surface area (Å²) in [6.45, 7) is -0.182. The number of carbonyl (C=O) groups is 2. The number of carbonyl (C=O) groups excluding carboxylic acids is 2. The van der Waals surface area contributed by atoms with Gasteiger partial charge in [0.25, 0.3) is 5.91 Å². The monoisotopic (exact) mass is 344 g/mol. The Morgan fingerprint density at radius 2 is 2.14 bits per heavy atom. The molecule has 0 bridgehead atoms. The van der Waals surface area contributed by atoms with Gasteiger partial charge in [0.1, 0.15) is 0 Å². The van der Waals surface area contributed by atoms with Crippen molar-refractivity contribution in [3.63, 3.8) is 0 Å². The van der Waals surface area contributed by atoms with Crippen LogP contribution in [-0.2, 0) is 14.6 Å². The molecule has 1 aromatic carbocycles. The highest BCUT2D eigenvalue weighted by molar-refractivity contribution is 7.91. The second-order valence-electron chi connectivity index (χ2n) is 5.25. The van der Waals surface area contributed by atoms with Gasteiger partial charge >= 0.3 is 0 Å². The molecule has 120 valence electrons. The number of rotatable bonds is 4. The Morgan fingerprint density at radius 3 is 2.73 bits per heavy atom. The van der Waals surface area contributed by atoms with Crippen LogP contribution < -0.4 is 5.32 Å². The molecule has 2 rings (SSSR count). The van der Waals surface area contributed by atoms with E-state index in [-0.39, 0.29) is 30.0 Å². The molecule has 1 saturated heterocycles. The predicted octanol–water partition coefficient (Wildman–Crippen LogP) is 0.715. The van der Waals surface area contributed by atoms with Crippen LogP contribution in [0.3, 0.4) is 0 Å². The van der Waals surface area contributed by atoms with Gasteiger partial charge in [0.15, 0.2) is 9.84 Å². The molecule has 0 saturated carbocycles. The fourth-order valence-corrected chi connectivity index (χ4v) is 4.26. The summed E-state index contributed by atoms with van der Waals surface area (Å²) in [5.74, 6) is -0.637. The molecule has 1 atom stereocenters. The van der Waals surface area contributed by atoms with Crippen LogP contribution in [0.2, 0.25) is 5.02 Å². The molecule has 0 aliphatic carbocycles. The van der Waals surface area contributed by atoms with E-state index in [1.54, 1.807) is 25.2 Å². The SMILES string of the molecule is CN(C(=O)CNC(=O)c1cccc(Cl)c1)C1CCS(=O)(=O)C1. The summed E-state index contributed by atoms with van der Waals surface area (Å²) in [6, 6.07) is 6.08. The zero-order valence-electron chi connectivity index (χ0n) is 12.1. The van der Waals surface area contributed by atoms with E-state index in [0.29, 0.717) is 17.0 Å². The van der Waals surface area contributed by atoms with Crippen LogP contribution in [-0.4, -0.2) is 56.3 Å². The van der Waals surface area contributed by atoms with Gasteiger partial charge in [0, 0.05) is 23.7 Å². The minimum atomic E-state index is -3.05. The molecule has 1 aromatic rings. The number of benzene rings is 1. The molecule has 0 radical (unpaired) electrons. The molecule has 1 aliphatic rings. The normalized spacial score (nSPS) is 19.6. The van der Waals surface area contributed by atoms with Crippen molar-refractivity contribution >= 4 is 33.3 Å². The Kier molecular flexibility index (Phi) is 5.08. The molecule has 0 aromatic heterocycles. The van der Waals surface area contributed by atoms with Crippen LogP contribution in [0.1, 0.15) is 16.8 Å². The second-order valence-corrected chi connectivity index (χ2v) is 7.92. The smallest absolute Gasteiger partial charge is 0.251 e. The molecular formula is C14H17ClN2O4S. The quantitative estimate of drug-likeness (QED) is 0.872. The topological polar surface area (TPSA) is 83.6 Å². The van der Waals surface area contributed by atoms with Crippen molar-refractivity contribution in [1.29, 1.82) is 0 Å². The number of nitrogens with one attached hydrogen (secondary N) is 1. The summed E-state index contributed by atoms with van der Waals surface area (Å²) < 4.78 is 22.9. The van der Waals surface area contributed by atoms with Gasteiger partial charge in [-0.25, -0.2) is 8.42 Å². The first-order valence-electron chi connectivity index (χ1n) is 6.78. The highest BCUT2D eigenvalue weighted by atomic mass is 35.5. The Hall–Kier alpha value is -1.60. The maximum Gasteiger partial charge on any atom is 0.251 e. The van der Waals surface area contributed by atoms with Crippen molar-refractivity contribution in [2.75, 3.05) is 25.1 Å². The third kappa shape index (κ3) is 4.20. The van der Waals surface area contributed by atoms with Gasteiger partial charge in [0.2, 0.25) is 5.91 Å². The molecule has 8 heteroatoms. The lowest BCUT2D eigenvalue weighted by molar-refractivity contribution is -0.130. The Bertz CT molecular complexity index is 690. The first kappa shape index (κ1) is 16.8. The van der Waals surface area contributed by atoms with E-state index < -0.39 is 15.7 Å². The van der Waals surface area contributed by atoms with E-state index in [0.717, 1.165) is 0 Å². The van der Waals surface area contributed by atoms with Crippen molar-refractivity contribution in [2.24, 2.45) is 0 Å². The molecular weight excluding hydrogens is 328 g/mol. The summed E-state index contributed by atoms with van der Waals surface area (Å²) in [6.07, 6.45) is 0.437. The summed E-state index contributed by atoms with van der Waals surface area (Å²) in [5.41, 5.74) is 0.367. The van der Waals surface area contributed by atoms with Crippen LogP contribution >= 0.6 is 11.6 Å². The van der Waals surface area contributed by atoms with Crippen LogP contribution in [0.15, 0.2) is 24.3 Å². The van der Waals surface area contributed by atoms with Gasteiger partial charge in [-0.1, -0.05) is 17.7 Å². The molecule has 0 spiro atoms. The van der Waals surface area contributed by atoms with Gasteiger partial charge in [-0.2, -0.15) is 0 Å². The molecule has 1 aliphatic heterocycles. The average Bonchev–Trinajstić information content (AvgIpc) is 2.83. The molecule has 1 heterocycles. The maximum atomic E-state index is 12.0. The Balaban J connectivity index is 1.88. The molecule has 22 heavy (non-hydrogen) atoms. The van der Waals surface area contributed by atoms with Crippen molar-refractivity contribution in [2.45, 2.75) is 12.5 Å². The third-order valence-electron chi connectivity index (χ3n) is 3.64. The number of nitrogens with zero attached hydrogens (tertiary/aromatic N) is 1. The van der Waals surface area contributed by atoms with Crippen molar-refractivity contribution in [3.05, 3.63) is 34.9 Å². The molecule has 1 unspecified atom stereocenters. The van der Waals surface area contributed by atoms with E-state index in [2.05, 4.69) is 5.32 Å². The van der Waals surface area contributed by atoms with Crippen molar-refractivity contribution in [3.8, 4) is 0 Å². The largest absolute Gasteiger partial charge is 0.343 e. The molecule has 6 nitrogen and oxygen atoms in total. The van der Waals surface area contributed by atoms with E-state index in [1.807, 2.05) is 0 Å². The van der Waals surface area contributed by atoms with Crippen molar-refractivity contribution in [1.82, 2.24) is 10.2 Å². The van der Waals surface area contributed by atoms with Crippen LogP contribution in [0, 0.1) is 0 Å². The Morgan fingerprint density at radius 1 is 1.41 bits per heavy atom. The lowest BCUT2D eigenvalue weighted by Crippen LogP contribution is -2.43. The third-order valence-corrected chi connectivity index (χ3v) is 5.62. The summed E-state index contributed by atoms with van der Waals surface area (Å²) >= 11 is 5.80. The zero-order valence-corrected chi connectivity index (χ0v) is 13.7. The first-order valence-corrected chi connectivity index (χ1v) is 8.98. The van der Waals surface area contributed by atoms with Crippen LogP contribution in [0.5, 0.6) is 0 Å². The van der Waals surface area contributed by atoms with E-state index >= 15 is 0 Å². The molecule has 2 amide bonds. The summed E-state index contributed by atoms with van der Waals surface area (Å²) in [5, 5.41) is 2.95. The van der Waals surface area contributed by atoms with Gasteiger partial charge in [0.05, 0.1) is 18.1 Å². The van der Waals surface area contributed by atoms with E-state index in [9.17, 15) is 18.0 Å². The minimum absolute atomic E-state index is 0.0164. The average molecular weight is 345 g/mol. The number of likely N-dealkylation sites (N-methyl/N-ethyl adjacent to an activating group) is 1. The highest BCUT2D eigenvalue weighted by Crippen LogP contribution is 2.16. The fraction of sp³-hybridized carbons (Fsp3) is 0.429. The standard InChI is InChI=1S/C14H17ClN2O4S/c1-17(12-5-6-22(20,21)9-12)13(18)8-16-14(19)10-3-2-4-11(15)7-10/h2-4,7,12H,5-6,8-9H2,1H3,(H,16,19). The van der Waals surface area contributed by atoms with Gasteiger partial charge in [-0.3, -0.25) is 9.59 Å². The zero-order chi connectivity index (χ0) is 16.3. The maximum absolute atomic E-state index is 12.0. The first-order chi connectivity index (χ1) is 10.3. The van der Waals surface area contributed by atoms with Gasteiger partial charge < -0.3 is 10.2 Å². The minimum Gasteiger partial charge on any atom is -0.343 e. The van der Waals surface area contributed by atoms with Crippen LogP contribution in [0.4, 0.5) is 0 Å². The number of hydrogen-bond donors (Lipinski definition) is 1. The highest BCUT2D eigenvalue weighted by Gasteiger charge is 2.32. The lowest BCUT2D eigenvalue weighted by atomic mass is 10.2. The van der Waals surface area contributed by atoms with Crippen molar-refractivity contribution < 1.29 is 18.0 Å². The Labute approximate surface area is 134 Å². The lowest BCUT2D eigenvalue weighted by Gasteiger charge is -2.23. The van der Waals surface area contributed by atoms with Crippen LogP contribution in [0.25, 0.3) is 0 Å². The fourth-order valence-electron chi connectivity index (χ4n) is 2.30. The summed E-state index contributed by atoms with van der Waals surface area (Å²) in [4.78, 5) is 25.3. The number of hydrogen-bond acceptors (Lipinski definition) is 4. The summed E-state index contributed by atoms with van der Waals surface area (Å²) in [7, 11) is -1.49. The van der Waals surface area contributed by atoms with E-state index in [4.69, 9.17) is 11.6 Å². The van der Waals surface area contributed by atoms with E-state index in [1.165, 1.54) is 11.0 Å². The number of amides is 2. The predicted molar refractivity (Wildman–Crippen MR) is 83.6 cm³/mol.